The molecule has 0 N–H and O–H groups in total. The molecular weight excluding hydrogens is 268 g/mol. The molecule has 0 spiro atoms. The summed E-state index contributed by atoms with van der Waals surface area (Å²) in [6.07, 6.45) is 2.16. The smallest absolute Gasteiger partial charge is 0.182 e. The van der Waals surface area contributed by atoms with Gasteiger partial charge in [0.2, 0.25) is 0 Å². The highest BCUT2D eigenvalue weighted by atomic mass is 79.9. The van der Waals surface area contributed by atoms with Gasteiger partial charge in [0, 0.05) is 12.5 Å². The largest absolute Gasteiger partial charge is 0.307 e. The number of aromatic nitrogens is 4. The minimum Gasteiger partial charge on any atom is -0.307 e. The van der Waals surface area contributed by atoms with E-state index >= 15 is 0 Å². The van der Waals surface area contributed by atoms with Crippen molar-refractivity contribution in [1.29, 1.82) is 0 Å². The molecular formula is C11H11BrN4. The van der Waals surface area contributed by atoms with E-state index in [1.165, 1.54) is 0 Å². The van der Waals surface area contributed by atoms with Crippen LogP contribution < -0.4 is 0 Å². The summed E-state index contributed by atoms with van der Waals surface area (Å²) >= 11 is 3.37. The lowest BCUT2D eigenvalue weighted by Crippen LogP contribution is -2.02. The zero-order valence-electron chi connectivity index (χ0n) is 8.89. The zero-order valence-corrected chi connectivity index (χ0v) is 10.5. The van der Waals surface area contributed by atoms with Gasteiger partial charge >= 0.3 is 0 Å². The molecule has 0 aliphatic carbocycles. The summed E-state index contributed by atoms with van der Waals surface area (Å²) in [7, 11) is 0. The van der Waals surface area contributed by atoms with Gasteiger partial charge < -0.3 is 4.57 Å². The molecule has 82 valence electrons. The first kappa shape index (κ1) is 9.96. The molecule has 0 saturated carbocycles. The molecule has 0 bridgehead atoms. The number of nitrogens with zero attached hydrogens (tertiary/aromatic N) is 4. The van der Waals surface area contributed by atoms with Crippen molar-refractivity contribution < 1.29 is 0 Å². The number of hydrogen-bond donors (Lipinski definition) is 0. The van der Waals surface area contributed by atoms with Crippen LogP contribution in [-0.2, 0) is 6.42 Å². The molecule has 3 heterocycles. The minimum atomic E-state index is 0.473. The van der Waals surface area contributed by atoms with Crippen LogP contribution >= 0.6 is 15.9 Å². The van der Waals surface area contributed by atoms with Crippen LogP contribution in [0.4, 0.5) is 0 Å². The van der Waals surface area contributed by atoms with Crippen molar-refractivity contribution in [2.24, 2.45) is 0 Å². The predicted molar refractivity (Wildman–Crippen MR) is 64.0 cm³/mol. The van der Waals surface area contributed by atoms with E-state index in [9.17, 15) is 0 Å². The van der Waals surface area contributed by atoms with E-state index in [1.807, 2.05) is 18.2 Å². The lowest BCUT2D eigenvalue weighted by atomic mass is 10.2. The van der Waals surface area contributed by atoms with Gasteiger partial charge in [0.1, 0.15) is 16.1 Å². The van der Waals surface area contributed by atoms with E-state index in [0.717, 1.165) is 34.8 Å². The van der Waals surface area contributed by atoms with Crippen LogP contribution in [0.5, 0.6) is 0 Å². The maximum atomic E-state index is 4.42. The summed E-state index contributed by atoms with van der Waals surface area (Å²) in [6, 6.07) is 6.32. The van der Waals surface area contributed by atoms with Gasteiger partial charge in [-0.1, -0.05) is 6.07 Å². The van der Waals surface area contributed by atoms with Gasteiger partial charge in [0.25, 0.3) is 0 Å². The first-order chi connectivity index (χ1) is 7.75. The van der Waals surface area contributed by atoms with Crippen molar-refractivity contribution in [2.75, 3.05) is 0 Å². The average molecular weight is 279 g/mol. The Kier molecular flexibility index (Phi) is 2.28. The van der Waals surface area contributed by atoms with Crippen molar-refractivity contribution in [1.82, 2.24) is 19.7 Å². The lowest BCUT2D eigenvalue weighted by Gasteiger charge is -2.08. The molecule has 16 heavy (non-hydrogen) atoms. The summed E-state index contributed by atoms with van der Waals surface area (Å²) in [5, 5.41) is 8.44. The van der Waals surface area contributed by atoms with E-state index in [1.54, 1.807) is 0 Å². The van der Waals surface area contributed by atoms with E-state index in [2.05, 4.69) is 42.6 Å². The molecule has 1 aliphatic heterocycles. The molecule has 3 rings (SSSR count). The molecule has 0 amide bonds. The standard InChI is InChI=1S/C11H11BrN4/c1-7-5-6-10-14-15-11(16(7)10)8-3-2-4-9(12)13-8/h2-4,7H,5-6H2,1H3/t7-/m0/s1. The van der Waals surface area contributed by atoms with Gasteiger partial charge in [-0.15, -0.1) is 10.2 Å². The second-order valence-electron chi connectivity index (χ2n) is 4.04. The lowest BCUT2D eigenvalue weighted by molar-refractivity contribution is 0.581. The summed E-state index contributed by atoms with van der Waals surface area (Å²) in [6.45, 7) is 2.20. The summed E-state index contributed by atoms with van der Waals surface area (Å²) in [5.74, 6) is 1.95. The number of aryl methyl sites for hydroxylation is 1. The molecule has 0 saturated heterocycles. The maximum Gasteiger partial charge on any atom is 0.182 e. The Morgan fingerprint density at radius 1 is 1.38 bits per heavy atom. The van der Waals surface area contributed by atoms with E-state index in [0.29, 0.717) is 6.04 Å². The van der Waals surface area contributed by atoms with Gasteiger partial charge in [0.15, 0.2) is 5.82 Å². The summed E-state index contributed by atoms with van der Waals surface area (Å²) in [4.78, 5) is 4.42. The fourth-order valence-electron chi connectivity index (χ4n) is 2.13. The summed E-state index contributed by atoms with van der Waals surface area (Å²) < 4.78 is 3.02. The number of fused-ring (bicyclic) bond motifs is 1. The Labute approximate surface area is 102 Å². The molecule has 1 aliphatic rings. The monoisotopic (exact) mass is 278 g/mol. The molecule has 5 heteroatoms. The van der Waals surface area contributed by atoms with Crippen molar-refractivity contribution in [3.8, 4) is 11.5 Å². The molecule has 0 radical (unpaired) electrons. The van der Waals surface area contributed by atoms with Gasteiger partial charge in [-0.3, -0.25) is 0 Å². The van der Waals surface area contributed by atoms with Crippen molar-refractivity contribution in [3.05, 3.63) is 28.6 Å². The van der Waals surface area contributed by atoms with Gasteiger partial charge in [0.05, 0.1) is 0 Å². The third-order valence-corrected chi connectivity index (χ3v) is 3.38. The molecule has 0 unspecified atom stereocenters. The van der Waals surface area contributed by atoms with E-state index in [-0.39, 0.29) is 0 Å². The number of pyridine rings is 1. The van der Waals surface area contributed by atoms with Crippen molar-refractivity contribution >= 4 is 15.9 Å². The third-order valence-electron chi connectivity index (χ3n) is 2.94. The topological polar surface area (TPSA) is 43.6 Å². The van der Waals surface area contributed by atoms with Crippen LogP contribution in [0.2, 0.25) is 0 Å². The molecule has 2 aromatic rings. The molecule has 2 aromatic heterocycles. The van der Waals surface area contributed by atoms with Crippen LogP contribution in [0.1, 0.15) is 25.2 Å². The molecule has 1 atom stereocenters. The zero-order chi connectivity index (χ0) is 11.1. The van der Waals surface area contributed by atoms with Crippen LogP contribution in [-0.4, -0.2) is 19.7 Å². The second-order valence-corrected chi connectivity index (χ2v) is 4.86. The van der Waals surface area contributed by atoms with Crippen LogP contribution in [0.25, 0.3) is 11.5 Å². The van der Waals surface area contributed by atoms with Crippen LogP contribution in [0.3, 0.4) is 0 Å². The van der Waals surface area contributed by atoms with E-state index < -0.39 is 0 Å². The normalized spacial score (nSPS) is 18.8. The Balaban J connectivity index is 2.14. The maximum absolute atomic E-state index is 4.42. The van der Waals surface area contributed by atoms with Crippen LogP contribution in [0, 0.1) is 0 Å². The fourth-order valence-corrected chi connectivity index (χ4v) is 2.48. The predicted octanol–water partition coefficient (Wildman–Crippen LogP) is 2.61. The molecule has 0 fully saturated rings. The van der Waals surface area contributed by atoms with Crippen LogP contribution in [0.15, 0.2) is 22.8 Å². The first-order valence-corrected chi connectivity index (χ1v) is 6.11. The van der Waals surface area contributed by atoms with Gasteiger partial charge in [-0.05, 0) is 41.4 Å². The van der Waals surface area contributed by atoms with Gasteiger partial charge in [-0.2, -0.15) is 0 Å². The van der Waals surface area contributed by atoms with Crippen molar-refractivity contribution in [3.63, 3.8) is 0 Å². The first-order valence-electron chi connectivity index (χ1n) is 5.32. The molecule has 4 nitrogen and oxygen atoms in total. The number of halogens is 1. The average Bonchev–Trinajstić information content (AvgIpc) is 2.82. The van der Waals surface area contributed by atoms with Gasteiger partial charge in [-0.25, -0.2) is 4.98 Å². The highest BCUT2D eigenvalue weighted by Gasteiger charge is 2.24. The highest BCUT2D eigenvalue weighted by molar-refractivity contribution is 9.10. The quantitative estimate of drug-likeness (QED) is 0.754. The molecule has 0 aromatic carbocycles. The Bertz CT molecular complexity index is 535. The number of rotatable bonds is 1. The number of hydrogen-bond acceptors (Lipinski definition) is 3. The fraction of sp³-hybridized carbons (Fsp3) is 0.364. The second kappa shape index (κ2) is 3.66. The summed E-state index contributed by atoms with van der Waals surface area (Å²) in [5.41, 5.74) is 0.877. The minimum absolute atomic E-state index is 0.473. The Morgan fingerprint density at radius 2 is 2.25 bits per heavy atom. The Hall–Kier alpha value is -1.23. The van der Waals surface area contributed by atoms with Crippen molar-refractivity contribution in [2.45, 2.75) is 25.8 Å². The third kappa shape index (κ3) is 1.46. The SMILES string of the molecule is C[C@H]1CCc2nnc(-c3cccc(Br)n3)n21. The highest BCUT2D eigenvalue weighted by Crippen LogP contribution is 2.29. The van der Waals surface area contributed by atoms with E-state index in [4.69, 9.17) is 0 Å². The Morgan fingerprint density at radius 3 is 3.06 bits per heavy atom.